The van der Waals surface area contributed by atoms with Crippen LogP contribution in [0.25, 0.3) is 0 Å². The highest BCUT2D eigenvalue weighted by molar-refractivity contribution is 5.85. The summed E-state index contributed by atoms with van der Waals surface area (Å²) >= 11 is 0. The maximum absolute atomic E-state index is 11.2. The number of carbonyl (C=O) groups is 2. The summed E-state index contributed by atoms with van der Waals surface area (Å²) in [5.74, 6) is -2.10. The molecule has 0 amide bonds. The third-order valence-electron chi connectivity index (χ3n) is 5.40. The molecule has 1 aliphatic heterocycles. The molecule has 3 heterocycles. The first-order chi connectivity index (χ1) is 17.0. The highest BCUT2D eigenvalue weighted by atomic mass is 16.5. The van der Waals surface area contributed by atoms with E-state index in [-0.39, 0.29) is 11.4 Å². The molecule has 0 aromatic carbocycles. The van der Waals surface area contributed by atoms with Crippen LogP contribution in [0.3, 0.4) is 0 Å². The predicted octanol–water partition coefficient (Wildman–Crippen LogP) is 1.24. The van der Waals surface area contributed by atoms with Gasteiger partial charge in [-0.15, -0.1) is 0 Å². The van der Waals surface area contributed by atoms with E-state index < -0.39 is 11.9 Å². The van der Waals surface area contributed by atoms with Crippen LogP contribution < -0.4 is 0 Å². The van der Waals surface area contributed by atoms with Crippen molar-refractivity contribution in [1.29, 1.82) is 0 Å². The molecule has 35 heavy (non-hydrogen) atoms. The number of pyridine rings is 2. The summed E-state index contributed by atoms with van der Waals surface area (Å²) in [6.07, 6.45) is 0. The third-order valence-corrected chi connectivity index (χ3v) is 5.40. The van der Waals surface area contributed by atoms with Gasteiger partial charge >= 0.3 is 11.9 Å². The van der Waals surface area contributed by atoms with Crippen molar-refractivity contribution in [2.24, 2.45) is 0 Å². The quantitative estimate of drug-likeness (QED) is 0.608. The molecule has 1 saturated heterocycles. The van der Waals surface area contributed by atoms with Gasteiger partial charge in [-0.2, -0.15) is 0 Å². The molecule has 0 spiro atoms. The van der Waals surface area contributed by atoms with Crippen molar-refractivity contribution in [3.63, 3.8) is 0 Å². The fourth-order valence-corrected chi connectivity index (χ4v) is 3.57. The van der Waals surface area contributed by atoms with Gasteiger partial charge in [-0.3, -0.25) is 9.80 Å². The SMILES string of the molecule is O=C(O)c1cccc(CN2CCOCCOCCN(Cc3cccc(C(=O)O)n3)CCOCC2)n1. The highest BCUT2D eigenvalue weighted by Crippen LogP contribution is 2.07. The number of ether oxygens (including phenoxy) is 3. The van der Waals surface area contributed by atoms with Crippen LogP contribution in [-0.2, 0) is 27.3 Å². The van der Waals surface area contributed by atoms with E-state index in [1.54, 1.807) is 12.1 Å². The maximum atomic E-state index is 11.2. The van der Waals surface area contributed by atoms with Gasteiger partial charge in [0.2, 0.25) is 0 Å². The first-order valence-corrected chi connectivity index (χ1v) is 11.6. The molecule has 11 heteroatoms. The van der Waals surface area contributed by atoms with Crippen LogP contribution in [0.4, 0.5) is 0 Å². The number of aromatic nitrogens is 2. The number of hydrogen-bond acceptors (Lipinski definition) is 9. The largest absolute Gasteiger partial charge is 0.477 e. The minimum absolute atomic E-state index is 0.0222. The van der Waals surface area contributed by atoms with E-state index in [2.05, 4.69) is 19.8 Å². The molecule has 0 aliphatic carbocycles. The molecule has 0 unspecified atom stereocenters. The predicted molar refractivity (Wildman–Crippen MR) is 125 cm³/mol. The van der Waals surface area contributed by atoms with Crippen LogP contribution in [0.15, 0.2) is 36.4 Å². The Kier molecular flexibility index (Phi) is 11.0. The first kappa shape index (κ1) is 26.6. The summed E-state index contributed by atoms with van der Waals surface area (Å²) in [6, 6.07) is 9.95. The fraction of sp³-hybridized carbons (Fsp3) is 0.500. The van der Waals surface area contributed by atoms with Crippen molar-refractivity contribution in [3.8, 4) is 0 Å². The van der Waals surface area contributed by atoms with E-state index in [9.17, 15) is 19.8 Å². The monoisotopic (exact) mass is 488 g/mol. The molecule has 190 valence electrons. The smallest absolute Gasteiger partial charge is 0.354 e. The normalized spacial score (nSPS) is 17.8. The van der Waals surface area contributed by atoms with Crippen LogP contribution in [-0.4, -0.2) is 108 Å². The van der Waals surface area contributed by atoms with Gasteiger partial charge in [-0.05, 0) is 24.3 Å². The Bertz CT molecular complexity index is 883. The molecular formula is C24H32N4O7. The Labute approximate surface area is 204 Å². The third kappa shape index (κ3) is 9.67. The van der Waals surface area contributed by atoms with Crippen LogP contribution >= 0.6 is 0 Å². The van der Waals surface area contributed by atoms with Crippen molar-refractivity contribution in [2.45, 2.75) is 13.1 Å². The maximum Gasteiger partial charge on any atom is 0.354 e. The molecular weight excluding hydrogens is 456 g/mol. The Hall–Kier alpha value is -2.96. The zero-order chi connectivity index (χ0) is 24.9. The summed E-state index contributed by atoms with van der Waals surface area (Å²) in [5, 5.41) is 18.4. The Balaban J connectivity index is 1.56. The number of hydrogen-bond donors (Lipinski definition) is 2. The topological polar surface area (TPSA) is 135 Å². The van der Waals surface area contributed by atoms with E-state index in [4.69, 9.17) is 14.2 Å². The first-order valence-electron chi connectivity index (χ1n) is 11.6. The van der Waals surface area contributed by atoms with Gasteiger partial charge in [-0.25, -0.2) is 19.6 Å². The lowest BCUT2D eigenvalue weighted by molar-refractivity contribution is 0.0309. The zero-order valence-corrected chi connectivity index (χ0v) is 19.7. The minimum atomic E-state index is -1.05. The van der Waals surface area contributed by atoms with Gasteiger partial charge in [0.25, 0.3) is 0 Å². The van der Waals surface area contributed by atoms with E-state index in [0.717, 1.165) is 0 Å². The number of rotatable bonds is 6. The van der Waals surface area contributed by atoms with Gasteiger partial charge < -0.3 is 24.4 Å². The second kappa shape index (κ2) is 14.4. The number of carboxylic acid groups (broad SMARTS) is 2. The van der Waals surface area contributed by atoms with Gasteiger partial charge in [0.05, 0.1) is 51.0 Å². The summed E-state index contributed by atoms with van der Waals surface area (Å²) < 4.78 is 17.3. The molecule has 1 fully saturated rings. The van der Waals surface area contributed by atoms with Gasteiger partial charge in [0.15, 0.2) is 0 Å². The summed E-state index contributed by atoms with van der Waals surface area (Å²) in [7, 11) is 0. The average molecular weight is 489 g/mol. The lowest BCUT2D eigenvalue weighted by Crippen LogP contribution is -2.33. The Morgan fingerprint density at radius 2 is 1.03 bits per heavy atom. The number of aromatic carboxylic acids is 2. The van der Waals surface area contributed by atoms with Crippen molar-refractivity contribution >= 4 is 11.9 Å². The molecule has 11 nitrogen and oxygen atoms in total. The molecule has 0 radical (unpaired) electrons. The molecule has 0 bridgehead atoms. The second-order valence-electron chi connectivity index (χ2n) is 8.03. The zero-order valence-electron chi connectivity index (χ0n) is 19.7. The van der Waals surface area contributed by atoms with Crippen LogP contribution in [0.1, 0.15) is 32.4 Å². The summed E-state index contributed by atoms with van der Waals surface area (Å²) in [4.78, 5) is 35.1. The van der Waals surface area contributed by atoms with E-state index in [1.165, 1.54) is 12.1 Å². The molecule has 2 aromatic heterocycles. The van der Waals surface area contributed by atoms with Crippen LogP contribution in [0, 0.1) is 0 Å². The van der Waals surface area contributed by atoms with Gasteiger partial charge in [0.1, 0.15) is 11.4 Å². The van der Waals surface area contributed by atoms with Gasteiger partial charge in [-0.1, -0.05) is 12.1 Å². The molecule has 0 saturated carbocycles. The minimum Gasteiger partial charge on any atom is -0.477 e. The fourth-order valence-electron chi connectivity index (χ4n) is 3.57. The number of nitrogens with zero attached hydrogens (tertiary/aromatic N) is 4. The van der Waals surface area contributed by atoms with Crippen LogP contribution in [0.5, 0.6) is 0 Å². The van der Waals surface area contributed by atoms with Crippen molar-refractivity contribution < 1.29 is 34.0 Å². The number of carboxylic acids is 2. The van der Waals surface area contributed by atoms with E-state index in [0.29, 0.717) is 90.3 Å². The highest BCUT2D eigenvalue weighted by Gasteiger charge is 2.13. The van der Waals surface area contributed by atoms with Crippen molar-refractivity contribution in [3.05, 3.63) is 59.2 Å². The molecule has 2 N–H and O–H groups in total. The summed E-state index contributed by atoms with van der Waals surface area (Å²) in [5.41, 5.74) is 1.39. The van der Waals surface area contributed by atoms with Gasteiger partial charge in [0, 0.05) is 39.3 Å². The summed E-state index contributed by atoms with van der Waals surface area (Å²) in [6.45, 7) is 6.52. The Morgan fingerprint density at radius 1 is 0.657 bits per heavy atom. The van der Waals surface area contributed by atoms with E-state index >= 15 is 0 Å². The van der Waals surface area contributed by atoms with E-state index in [1.807, 2.05) is 12.1 Å². The Morgan fingerprint density at radius 3 is 1.40 bits per heavy atom. The molecule has 0 atom stereocenters. The lowest BCUT2D eigenvalue weighted by Gasteiger charge is -2.23. The lowest BCUT2D eigenvalue weighted by atomic mass is 10.3. The molecule has 1 aliphatic rings. The standard InChI is InChI=1S/C24H32N4O7/c29-23(30)21-5-1-3-19(25-21)17-27-7-11-33-12-8-28(10-14-35-16-15-34-13-9-27)18-20-4-2-6-22(26-20)24(31)32/h1-6H,7-18H2,(H,29,30)(H,31,32). The second-order valence-corrected chi connectivity index (χ2v) is 8.03. The molecule has 2 aromatic rings. The van der Waals surface area contributed by atoms with Crippen LogP contribution in [0.2, 0.25) is 0 Å². The average Bonchev–Trinajstić information content (AvgIpc) is 2.85. The molecule has 3 rings (SSSR count). The van der Waals surface area contributed by atoms with Crippen molar-refractivity contribution in [1.82, 2.24) is 19.8 Å². The van der Waals surface area contributed by atoms with Crippen molar-refractivity contribution in [2.75, 3.05) is 65.8 Å².